The molecule has 2 aliphatic heterocycles. The molecule has 2 heterocycles. The van der Waals surface area contributed by atoms with E-state index in [-0.39, 0.29) is 63.3 Å². The topological polar surface area (TPSA) is 384 Å². The van der Waals surface area contributed by atoms with Gasteiger partial charge in [0.25, 0.3) is 0 Å². The lowest BCUT2D eigenvalue weighted by Gasteiger charge is -2.32. The fourth-order valence-electron chi connectivity index (χ4n) is 8.34. The number of hydrogen-bond donors (Lipinski definition) is 11. The van der Waals surface area contributed by atoms with Crippen molar-refractivity contribution >= 4 is 86.6 Å². The van der Waals surface area contributed by atoms with Gasteiger partial charge in [0.1, 0.15) is 48.0 Å². The molecule has 4 rings (SSSR count). The first-order valence-corrected chi connectivity index (χ1v) is 27.4. The van der Waals surface area contributed by atoms with Gasteiger partial charge in [-0.3, -0.25) is 52.9 Å². The third kappa shape index (κ3) is 20.2. The van der Waals surface area contributed by atoms with Crippen LogP contribution in [0.25, 0.3) is 0 Å². The number of nitrogens with zero attached hydrogens (tertiary/aromatic N) is 2. The zero-order chi connectivity index (χ0) is 56.1. The quantitative estimate of drug-likeness (QED) is 0.0331. The van der Waals surface area contributed by atoms with E-state index in [9.17, 15) is 47.9 Å². The van der Waals surface area contributed by atoms with Crippen molar-refractivity contribution in [2.75, 3.05) is 32.0 Å². The molecule has 0 unspecified atom stereocenters. The minimum absolute atomic E-state index is 0.0197. The summed E-state index contributed by atoms with van der Waals surface area (Å²) in [6.45, 7) is 8.76. The molecule has 2 fully saturated rings. The fourth-order valence-corrected chi connectivity index (χ4v) is 11.0. The number of aliphatic imine (C=N–C) groups is 1. The van der Waals surface area contributed by atoms with Gasteiger partial charge in [0.15, 0.2) is 5.96 Å². The number of likely N-dealkylation sites (tertiary alicyclic amines) is 1. The lowest BCUT2D eigenvalue weighted by molar-refractivity contribution is -0.142. The van der Waals surface area contributed by atoms with Crippen LogP contribution in [0.1, 0.15) is 84.3 Å². The second kappa shape index (κ2) is 29.9. The molecule has 2 saturated heterocycles. The molecule has 0 bridgehead atoms. The Morgan fingerprint density at radius 1 is 0.803 bits per heavy atom. The second-order valence-corrected chi connectivity index (χ2v) is 22.4. The van der Waals surface area contributed by atoms with Crippen LogP contribution in [0.15, 0.2) is 59.6 Å². The van der Waals surface area contributed by atoms with Gasteiger partial charge < -0.3 is 69.8 Å². The van der Waals surface area contributed by atoms with E-state index in [4.69, 9.17) is 27.7 Å². The predicted molar refractivity (Wildman–Crippen MR) is 287 cm³/mol. The van der Waals surface area contributed by atoms with Crippen molar-refractivity contribution in [2.45, 2.75) is 133 Å². The third-order valence-corrected chi connectivity index (χ3v) is 15.4. The molecule has 416 valence electrons. The first kappa shape index (κ1) is 61.5. The van der Waals surface area contributed by atoms with Gasteiger partial charge >= 0.3 is 0 Å². The van der Waals surface area contributed by atoms with Gasteiger partial charge in [-0.05, 0) is 75.6 Å². The Labute approximate surface area is 450 Å². The van der Waals surface area contributed by atoms with Crippen LogP contribution < -0.4 is 64.9 Å². The van der Waals surface area contributed by atoms with Gasteiger partial charge in [0.05, 0.1) is 19.6 Å². The summed E-state index contributed by atoms with van der Waals surface area (Å²) in [4.78, 5) is 143. The number of carbonyl (C=O) groups excluding carboxylic acids is 10. The zero-order valence-corrected chi connectivity index (χ0v) is 45.2. The molecule has 10 amide bonds. The van der Waals surface area contributed by atoms with Gasteiger partial charge in [-0.2, -0.15) is 0 Å². The van der Waals surface area contributed by atoms with E-state index in [1.54, 1.807) is 82.3 Å². The molecule has 0 aliphatic carbocycles. The molecule has 0 spiro atoms. The standard InChI is InChI=1S/C50H73N13O11S2/c1-6-74-31-18-16-30(17-19-31)23-33-43(68)59-34(22-29-12-8-7-9-13-29)45(70)62-41(28(2)3)47(72)60-35(24-38(51)64)44(69)61-36(27-75-76-50(4,5)25-40(66)57-33)48(73)63-21-11-15-37(63)46(71)58-32(14-10-20-55-49(53)54)42(67)56-26-39(52)65/h7-9,12-13,16-19,28,32-37,41H,6,10-11,14-15,20-27H2,1-5H3,(H2,51,64)(H2,52,65)(H,56,67)(H,57,66)(H,58,71)(H,59,68)(H,60,72)(H,61,69)(H,62,70)(H4,53,54,55)/t32-,33-,34-,35-,36-,37-,41-/m0/s1. The number of nitrogens with one attached hydrogen (secondary N) is 7. The average molecular weight is 1100 g/mol. The average Bonchev–Trinajstić information content (AvgIpc) is 3.85. The molecule has 76 heavy (non-hydrogen) atoms. The SMILES string of the molecule is CCOc1ccc(C[C@@H]2NC(=O)CC(C)(C)SSC[C@@H](C(=O)N3CCC[C@H]3C(=O)N[C@@H](CCCN=C(N)N)C(=O)NCC(N)=O)NC(=O)[C@H](CC(N)=O)NC(=O)[C@H](C(C)C)NC(=O)[C@H](Cc3ccccc3)NC2=O)cc1. The highest BCUT2D eigenvalue weighted by Crippen LogP contribution is 2.39. The molecule has 2 aromatic rings. The van der Waals surface area contributed by atoms with Crippen LogP contribution in [0.5, 0.6) is 5.75 Å². The highest BCUT2D eigenvalue weighted by molar-refractivity contribution is 8.77. The maximum Gasteiger partial charge on any atom is 0.246 e. The molecule has 0 aromatic heterocycles. The van der Waals surface area contributed by atoms with Gasteiger partial charge in [-0.1, -0.05) is 77.9 Å². The molecule has 15 N–H and O–H groups in total. The number of guanidine groups is 1. The maximum absolute atomic E-state index is 14.7. The van der Waals surface area contributed by atoms with Crippen LogP contribution in [-0.2, 0) is 60.8 Å². The number of carbonyl (C=O) groups is 10. The molecule has 24 nitrogen and oxygen atoms in total. The summed E-state index contributed by atoms with van der Waals surface area (Å²) >= 11 is 0. The Bertz CT molecular complexity index is 2410. The van der Waals surface area contributed by atoms with Gasteiger partial charge in [-0.15, -0.1) is 0 Å². The van der Waals surface area contributed by atoms with Crippen molar-refractivity contribution in [3.8, 4) is 5.75 Å². The van der Waals surface area contributed by atoms with Crippen molar-refractivity contribution in [2.24, 2.45) is 33.8 Å². The van der Waals surface area contributed by atoms with E-state index < -0.39 is 125 Å². The highest BCUT2D eigenvalue weighted by Gasteiger charge is 2.41. The number of primary amides is 2. The van der Waals surface area contributed by atoms with Crippen molar-refractivity contribution in [1.29, 1.82) is 0 Å². The molecular formula is C50H73N13O11S2. The lowest BCUT2D eigenvalue weighted by atomic mass is 9.99. The molecule has 0 saturated carbocycles. The minimum atomic E-state index is -1.67. The van der Waals surface area contributed by atoms with Crippen molar-refractivity contribution in [3.63, 3.8) is 0 Å². The number of benzene rings is 2. The van der Waals surface area contributed by atoms with Gasteiger partial charge in [0, 0.05) is 42.9 Å². The number of rotatable bonds is 19. The first-order valence-electron chi connectivity index (χ1n) is 25.0. The number of nitrogens with two attached hydrogens (primary N) is 4. The van der Waals surface area contributed by atoms with Crippen LogP contribution in [0.4, 0.5) is 0 Å². The Morgan fingerprint density at radius 2 is 1.42 bits per heavy atom. The highest BCUT2D eigenvalue weighted by atomic mass is 33.1. The summed E-state index contributed by atoms with van der Waals surface area (Å²) < 4.78 is 4.70. The zero-order valence-electron chi connectivity index (χ0n) is 43.5. The first-order chi connectivity index (χ1) is 36.0. The van der Waals surface area contributed by atoms with E-state index >= 15 is 0 Å². The Hall–Kier alpha value is -7.09. The molecule has 7 atom stereocenters. The van der Waals surface area contributed by atoms with Crippen LogP contribution in [0.2, 0.25) is 0 Å². The minimum Gasteiger partial charge on any atom is -0.494 e. The summed E-state index contributed by atoms with van der Waals surface area (Å²) in [5.74, 6) is -8.16. The second-order valence-electron chi connectivity index (χ2n) is 19.4. The Kier molecular flexibility index (Phi) is 24.1. The molecule has 0 radical (unpaired) electrons. The molecule has 26 heteroatoms. The van der Waals surface area contributed by atoms with Crippen LogP contribution >= 0.6 is 21.6 Å². The number of amides is 10. The normalized spacial score (nSPS) is 22.3. The van der Waals surface area contributed by atoms with Gasteiger partial charge in [-0.25, -0.2) is 0 Å². The summed E-state index contributed by atoms with van der Waals surface area (Å²) in [7, 11) is 2.33. The predicted octanol–water partition coefficient (Wildman–Crippen LogP) is -1.48. The Morgan fingerprint density at radius 3 is 2.04 bits per heavy atom. The van der Waals surface area contributed by atoms with Crippen molar-refractivity contribution in [3.05, 3.63) is 65.7 Å². The van der Waals surface area contributed by atoms with E-state index in [0.29, 0.717) is 29.9 Å². The summed E-state index contributed by atoms with van der Waals surface area (Å²) in [5.41, 5.74) is 23.1. The van der Waals surface area contributed by atoms with Crippen LogP contribution in [0, 0.1) is 5.92 Å². The smallest absolute Gasteiger partial charge is 0.246 e. The monoisotopic (exact) mass is 1100 g/mol. The van der Waals surface area contributed by atoms with Crippen LogP contribution in [-0.4, -0.2) is 149 Å². The van der Waals surface area contributed by atoms with E-state index in [1.165, 1.54) is 15.7 Å². The summed E-state index contributed by atoms with van der Waals surface area (Å²) in [5, 5.41) is 18.7. The van der Waals surface area contributed by atoms with E-state index in [2.05, 4.69) is 42.2 Å². The molecule has 2 aliphatic rings. The largest absolute Gasteiger partial charge is 0.494 e. The van der Waals surface area contributed by atoms with Crippen molar-refractivity contribution < 1.29 is 52.7 Å². The van der Waals surface area contributed by atoms with E-state index in [0.717, 1.165) is 10.8 Å². The lowest BCUT2D eigenvalue weighted by Crippen LogP contribution is -2.61. The molecule has 2 aromatic carbocycles. The maximum atomic E-state index is 14.7. The Balaban J connectivity index is 1.72. The summed E-state index contributed by atoms with van der Waals surface area (Å²) in [6, 6.07) is 6.59. The summed E-state index contributed by atoms with van der Waals surface area (Å²) in [6.07, 6.45) is -0.0794. The van der Waals surface area contributed by atoms with Crippen molar-refractivity contribution in [1.82, 2.24) is 42.1 Å². The third-order valence-electron chi connectivity index (χ3n) is 12.1. The number of ether oxygens (including phenoxy) is 1. The fraction of sp³-hybridized carbons (Fsp3) is 0.540. The number of hydrogen-bond acceptors (Lipinski definition) is 14. The van der Waals surface area contributed by atoms with Crippen LogP contribution in [0.3, 0.4) is 0 Å². The van der Waals surface area contributed by atoms with Gasteiger partial charge in [0.2, 0.25) is 59.1 Å². The molecular weight excluding hydrogens is 1020 g/mol. The van der Waals surface area contributed by atoms with E-state index in [1.807, 2.05) is 6.92 Å².